The largest absolute Gasteiger partial charge is 0.394 e. The topological polar surface area (TPSA) is 188 Å². The molecule has 10 nitrogen and oxygen atoms in total. The Kier molecular flexibility index (Phi) is 12.6. The molecule has 0 aromatic rings. The Bertz CT molecular complexity index is 358. The fourth-order valence-corrected chi connectivity index (χ4v) is 2.69. The molecule has 24 heavy (non-hydrogen) atoms. The highest BCUT2D eigenvalue weighted by atomic mass is 127. The number of aliphatic hydroxyl groups excluding tert-OH is 8. The van der Waals surface area contributed by atoms with Crippen molar-refractivity contribution < 1.29 is 50.4 Å². The maximum Gasteiger partial charge on any atom is 0.169 e. The fourth-order valence-electron chi connectivity index (χ4n) is 1.67. The Labute approximate surface area is 165 Å². The first-order chi connectivity index (χ1) is 11.1. The molecule has 1 unspecified atom stereocenters. The molecule has 144 valence electrons. The number of rotatable bonds is 6. The molecule has 1 aliphatic heterocycles. The van der Waals surface area contributed by atoms with E-state index in [1.54, 1.807) is 45.2 Å². The van der Waals surface area contributed by atoms with E-state index in [1.807, 2.05) is 0 Å². The molecule has 1 fully saturated rings. The monoisotopic (exact) mass is 580 g/mol. The number of hydrogen-bond donors (Lipinski definition) is 8. The van der Waals surface area contributed by atoms with Gasteiger partial charge in [-0.25, -0.2) is 0 Å². The van der Waals surface area contributed by atoms with E-state index in [2.05, 4.69) is 0 Å². The van der Waals surface area contributed by atoms with Gasteiger partial charge in [-0.05, 0) is 0 Å². The fraction of sp³-hybridized carbons (Fsp3) is 0.917. The van der Waals surface area contributed by atoms with Gasteiger partial charge in [-0.1, -0.05) is 45.2 Å². The Hall–Kier alpha value is 0.770. The second-order valence-corrected chi connectivity index (χ2v) is 7.86. The van der Waals surface area contributed by atoms with Gasteiger partial charge in [-0.3, -0.25) is 0 Å². The molecule has 0 aromatic heterocycles. The van der Waals surface area contributed by atoms with Crippen molar-refractivity contribution in [2.75, 3.05) is 13.2 Å². The molecule has 9 atom stereocenters. The first kappa shape index (κ1) is 24.8. The van der Waals surface area contributed by atoms with Crippen LogP contribution in [0.25, 0.3) is 0 Å². The molecule has 12 heteroatoms. The number of ether oxygens (including phenoxy) is 1. The molecule has 0 aliphatic carbocycles. The van der Waals surface area contributed by atoms with Gasteiger partial charge in [-0.15, -0.1) is 0 Å². The van der Waals surface area contributed by atoms with Gasteiger partial charge in [0.05, 0.1) is 27.2 Å². The predicted octanol–water partition coefficient (Wildman–Crippen LogP) is -3.71. The van der Waals surface area contributed by atoms with E-state index >= 15 is 0 Å². The first-order valence-electron chi connectivity index (χ1n) is 6.81. The van der Waals surface area contributed by atoms with Gasteiger partial charge < -0.3 is 50.4 Å². The Morgan fingerprint density at radius 1 is 1.04 bits per heavy atom. The SMILES string of the molecule is O=C[C@H](I)[C@@H](O)[C@H](O)[C@H](O)CO.OC[C@H]1OC(O)[C@H](I)[C@@H](O)[C@@H]1O. The van der Waals surface area contributed by atoms with E-state index < -0.39 is 64.0 Å². The lowest BCUT2D eigenvalue weighted by atomic mass is 10.0. The molecular formula is C12H22I2O10. The highest BCUT2D eigenvalue weighted by Gasteiger charge is 2.42. The van der Waals surface area contributed by atoms with E-state index in [-0.39, 0.29) is 0 Å². The Balaban J connectivity index is 0.000000441. The molecule has 0 aromatic carbocycles. The lowest BCUT2D eigenvalue weighted by molar-refractivity contribution is -0.231. The lowest BCUT2D eigenvalue weighted by Gasteiger charge is -2.37. The summed E-state index contributed by atoms with van der Waals surface area (Å²) < 4.78 is 3.46. The van der Waals surface area contributed by atoms with Crippen molar-refractivity contribution in [3.8, 4) is 0 Å². The third kappa shape index (κ3) is 7.18. The molecule has 0 amide bonds. The summed E-state index contributed by atoms with van der Waals surface area (Å²) in [5.41, 5.74) is 0. The number of alkyl halides is 2. The number of halogens is 2. The zero-order valence-electron chi connectivity index (χ0n) is 12.3. The summed E-state index contributed by atoms with van der Waals surface area (Å²) >= 11 is 3.41. The average molecular weight is 580 g/mol. The summed E-state index contributed by atoms with van der Waals surface area (Å²) in [6, 6.07) is 0. The highest BCUT2D eigenvalue weighted by Crippen LogP contribution is 2.25. The standard InChI is InChI=1S/2C6H11IO5/c7-3-5(10)4(9)2(1-8)12-6(3)11;7-3(1-8)5(11)6(12)4(10)2-9/h2-6,8-11H,1H2;1,3-6,9-12H,2H2/t2-,3-,4-,5-,6?;3-,4+,5+,6+/m10/s1. The highest BCUT2D eigenvalue weighted by molar-refractivity contribution is 14.1. The van der Waals surface area contributed by atoms with Gasteiger partial charge in [0.2, 0.25) is 0 Å². The minimum atomic E-state index is -1.50. The smallest absolute Gasteiger partial charge is 0.169 e. The van der Waals surface area contributed by atoms with Crippen LogP contribution in [-0.4, -0.2) is 111 Å². The van der Waals surface area contributed by atoms with E-state index in [1.165, 1.54) is 0 Å². The summed E-state index contributed by atoms with van der Waals surface area (Å²) in [4.78, 5) is 10.1. The van der Waals surface area contributed by atoms with Crippen molar-refractivity contribution in [1.82, 2.24) is 0 Å². The van der Waals surface area contributed by atoms with Gasteiger partial charge in [0.25, 0.3) is 0 Å². The van der Waals surface area contributed by atoms with Crippen LogP contribution in [0.1, 0.15) is 0 Å². The second-order valence-electron chi connectivity index (χ2n) is 4.98. The van der Waals surface area contributed by atoms with Crippen LogP contribution in [0.15, 0.2) is 0 Å². The van der Waals surface area contributed by atoms with E-state index in [0.717, 1.165) is 0 Å². The van der Waals surface area contributed by atoms with Gasteiger partial charge in [0.1, 0.15) is 36.8 Å². The number of aldehydes is 1. The average Bonchev–Trinajstić information content (AvgIpc) is 2.60. The molecular weight excluding hydrogens is 558 g/mol. The van der Waals surface area contributed by atoms with Crippen LogP contribution in [0.4, 0.5) is 0 Å². The number of carbonyl (C=O) groups excluding carboxylic acids is 1. The molecule has 0 spiro atoms. The van der Waals surface area contributed by atoms with Crippen molar-refractivity contribution in [2.24, 2.45) is 0 Å². The first-order valence-corrected chi connectivity index (χ1v) is 9.30. The minimum absolute atomic E-state index is 0.418. The van der Waals surface area contributed by atoms with Crippen LogP contribution in [0.3, 0.4) is 0 Å². The van der Waals surface area contributed by atoms with E-state index in [9.17, 15) is 15.0 Å². The number of hydrogen-bond acceptors (Lipinski definition) is 10. The third-order valence-electron chi connectivity index (χ3n) is 3.21. The van der Waals surface area contributed by atoms with Crippen molar-refractivity contribution in [3.63, 3.8) is 0 Å². The summed E-state index contributed by atoms with van der Waals surface area (Å²) in [6.45, 7) is -1.07. The maximum atomic E-state index is 10.1. The van der Waals surface area contributed by atoms with Crippen molar-refractivity contribution in [3.05, 3.63) is 0 Å². The molecule has 0 saturated carbocycles. The van der Waals surface area contributed by atoms with Crippen LogP contribution in [0.2, 0.25) is 0 Å². The van der Waals surface area contributed by atoms with Crippen LogP contribution in [-0.2, 0) is 9.53 Å². The summed E-state index contributed by atoms with van der Waals surface area (Å²) in [6.07, 6.45) is -8.06. The quantitative estimate of drug-likeness (QED) is 0.0883. The Morgan fingerprint density at radius 2 is 1.58 bits per heavy atom. The predicted molar refractivity (Wildman–Crippen MR) is 96.8 cm³/mol. The van der Waals surface area contributed by atoms with Gasteiger partial charge >= 0.3 is 0 Å². The summed E-state index contributed by atoms with van der Waals surface area (Å²) in [5, 5.41) is 71.9. The van der Waals surface area contributed by atoms with Crippen LogP contribution in [0.5, 0.6) is 0 Å². The van der Waals surface area contributed by atoms with Crippen LogP contribution < -0.4 is 0 Å². The van der Waals surface area contributed by atoms with Crippen LogP contribution >= 0.6 is 45.2 Å². The zero-order valence-corrected chi connectivity index (χ0v) is 16.7. The van der Waals surface area contributed by atoms with Crippen LogP contribution in [0, 0.1) is 0 Å². The zero-order chi connectivity index (χ0) is 19.0. The minimum Gasteiger partial charge on any atom is -0.394 e. The lowest BCUT2D eigenvalue weighted by Crippen LogP contribution is -2.56. The normalized spacial score (nSPS) is 35.2. The van der Waals surface area contributed by atoms with Crippen molar-refractivity contribution in [1.29, 1.82) is 0 Å². The molecule has 8 N–H and O–H groups in total. The van der Waals surface area contributed by atoms with Crippen molar-refractivity contribution in [2.45, 2.75) is 50.8 Å². The Morgan fingerprint density at radius 3 is 2.00 bits per heavy atom. The number of carbonyl (C=O) groups is 1. The molecule has 0 radical (unpaired) electrons. The molecule has 1 aliphatic rings. The number of aliphatic hydroxyl groups is 8. The van der Waals surface area contributed by atoms with Crippen molar-refractivity contribution >= 4 is 51.5 Å². The molecule has 1 saturated heterocycles. The van der Waals surface area contributed by atoms with E-state index in [4.69, 9.17) is 35.4 Å². The van der Waals surface area contributed by atoms with E-state index in [0.29, 0.717) is 6.29 Å². The van der Waals surface area contributed by atoms with Gasteiger partial charge in [0.15, 0.2) is 6.29 Å². The molecule has 0 bridgehead atoms. The van der Waals surface area contributed by atoms with Gasteiger partial charge in [-0.2, -0.15) is 0 Å². The van der Waals surface area contributed by atoms with Gasteiger partial charge in [0, 0.05) is 0 Å². The molecule has 1 heterocycles. The third-order valence-corrected chi connectivity index (χ3v) is 5.59. The summed E-state index contributed by atoms with van der Waals surface area (Å²) in [7, 11) is 0. The maximum absolute atomic E-state index is 10.1. The summed E-state index contributed by atoms with van der Waals surface area (Å²) in [5.74, 6) is 0. The second kappa shape index (κ2) is 12.2. The molecule has 1 rings (SSSR count).